The maximum atomic E-state index is 13.5. The number of nitrogens with one attached hydrogen (secondary N) is 3. The Labute approximate surface area is 306 Å². The minimum atomic E-state index is -4.28. The number of methoxy groups -OCH3 is 1. The summed E-state index contributed by atoms with van der Waals surface area (Å²) in [5.74, 6) is 0.0876. The van der Waals surface area contributed by atoms with Crippen molar-refractivity contribution in [3.63, 3.8) is 0 Å². The molecule has 14 heteroatoms. The zero-order valence-corrected chi connectivity index (χ0v) is 30.4. The number of alkyl halides is 3. The fourth-order valence-corrected chi connectivity index (χ4v) is 7.28. The van der Waals surface area contributed by atoms with Gasteiger partial charge in [-0.1, -0.05) is 69.3 Å². The zero-order valence-electron chi connectivity index (χ0n) is 30.4. The van der Waals surface area contributed by atoms with Gasteiger partial charge in [0.25, 0.3) is 0 Å². The Kier molecular flexibility index (Phi) is 11.2. The lowest BCUT2D eigenvalue weighted by Gasteiger charge is -2.30. The Morgan fingerprint density at radius 3 is 1.68 bits per heavy atom. The van der Waals surface area contributed by atoms with Gasteiger partial charge in [0.15, 0.2) is 0 Å². The van der Waals surface area contributed by atoms with E-state index in [9.17, 15) is 27.6 Å². The minimum absolute atomic E-state index is 0.116. The highest BCUT2D eigenvalue weighted by Gasteiger charge is 2.38. The third-order valence-corrected chi connectivity index (χ3v) is 10.3. The molecule has 4 aromatic rings. The molecule has 2 aliphatic heterocycles. The summed E-state index contributed by atoms with van der Waals surface area (Å²) in [6.45, 7) is 6.42. The maximum Gasteiger partial charge on any atom is 0.407 e. The number of ether oxygens (including phenoxy) is 1. The Hall–Kier alpha value is -5.14. The molecule has 6 rings (SSSR count). The zero-order chi connectivity index (χ0) is 37.9. The number of aromatic nitrogens is 4. The molecular formula is C39H46F3N7O4. The van der Waals surface area contributed by atoms with Gasteiger partial charge in [-0.25, -0.2) is 14.8 Å². The molecule has 2 aromatic heterocycles. The number of rotatable bonds is 11. The molecule has 0 unspecified atom stereocenters. The molecule has 4 heterocycles. The van der Waals surface area contributed by atoms with Gasteiger partial charge in [-0.3, -0.25) is 9.59 Å². The van der Waals surface area contributed by atoms with Crippen LogP contribution < -0.4 is 5.32 Å². The molecule has 3 N–H and O–H groups in total. The summed E-state index contributed by atoms with van der Waals surface area (Å²) in [4.78, 5) is 57.9. The lowest BCUT2D eigenvalue weighted by atomic mass is 10.0. The van der Waals surface area contributed by atoms with Gasteiger partial charge in [-0.05, 0) is 60.3 Å². The van der Waals surface area contributed by atoms with Crippen LogP contribution in [0.1, 0.15) is 83.0 Å². The van der Waals surface area contributed by atoms with Crippen molar-refractivity contribution in [2.24, 2.45) is 11.8 Å². The summed E-state index contributed by atoms with van der Waals surface area (Å²) < 4.78 is 43.0. The lowest BCUT2D eigenvalue weighted by molar-refractivity contribution is -0.145. The predicted molar refractivity (Wildman–Crippen MR) is 193 cm³/mol. The van der Waals surface area contributed by atoms with Crippen LogP contribution in [0.4, 0.5) is 18.0 Å². The van der Waals surface area contributed by atoms with Crippen LogP contribution in [0, 0.1) is 11.8 Å². The summed E-state index contributed by atoms with van der Waals surface area (Å²) in [6.07, 6.45) is 0.458. The first kappa shape index (κ1) is 37.6. The number of amides is 3. The average molecular weight is 734 g/mol. The molecule has 0 radical (unpaired) electrons. The summed E-state index contributed by atoms with van der Waals surface area (Å²) in [7, 11) is 1.28. The monoisotopic (exact) mass is 733 g/mol. The molecule has 2 fully saturated rings. The van der Waals surface area contributed by atoms with Gasteiger partial charge in [0.1, 0.15) is 17.7 Å². The Bertz CT molecular complexity index is 1890. The molecule has 0 saturated carbocycles. The van der Waals surface area contributed by atoms with Crippen LogP contribution in [-0.2, 0) is 14.3 Å². The number of alkyl carbamates (subject to hydrolysis) is 1. The summed E-state index contributed by atoms with van der Waals surface area (Å²) in [5.41, 5.74) is 5.54. The number of halogens is 3. The van der Waals surface area contributed by atoms with Gasteiger partial charge in [0.2, 0.25) is 11.8 Å². The van der Waals surface area contributed by atoms with Crippen molar-refractivity contribution in [3.05, 3.63) is 72.6 Å². The van der Waals surface area contributed by atoms with Crippen molar-refractivity contribution in [1.82, 2.24) is 35.1 Å². The number of H-pyrrole nitrogens is 2. The summed E-state index contributed by atoms with van der Waals surface area (Å²) >= 11 is 0. The van der Waals surface area contributed by atoms with Gasteiger partial charge < -0.3 is 29.8 Å². The third kappa shape index (κ3) is 8.58. The lowest BCUT2D eigenvalue weighted by Crippen LogP contribution is -2.51. The number of benzene rings is 2. The molecule has 2 saturated heterocycles. The average Bonchev–Trinajstić information content (AvgIpc) is 3.98. The molecule has 53 heavy (non-hydrogen) atoms. The van der Waals surface area contributed by atoms with Crippen LogP contribution in [-0.4, -0.2) is 80.1 Å². The second-order valence-electron chi connectivity index (χ2n) is 14.3. The molecular weight excluding hydrogens is 687 g/mol. The van der Waals surface area contributed by atoms with Gasteiger partial charge in [-0.15, -0.1) is 0 Å². The fourth-order valence-electron chi connectivity index (χ4n) is 7.28. The minimum Gasteiger partial charge on any atom is -0.453 e. The Morgan fingerprint density at radius 2 is 1.25 bits per heavy atom. The van der Waals surface area contributed by atoms with E-state index in [4.69, 9.17) is 4.74 Å². The Balaban J connectivity index is 1.09. The number of carbonyl (C=O) groups is 3. The number of carbonyl (C=O) groups excluding carboxylic acids is 3. The first-order valence-corrected chi connectivity index (χ1v) is 18.2. The first-order chi connectivity index (χ1) is 25.3. The van der Waals surface area contributed by atoms with E-state index in [1.54, 1.807) is 29.1 Å². The van der Waals surface area contributed by atoms with Crippen LogP contribution in [0.5, 0.6) is 0 Å². The van der Waals surface area contributed by atoms with E-state index >= 15 is 0 Å². The third-order valence-electron chi connectivity index (χ3n) is 10.3. The van der Waals surface area contributed by atoms with E-state index in [2.05, 4.69) is 25.3 Å². The van der Waals surface area contributed by atoms with Crippen molar-refractivity contribution >= 4 is 17.9 Å². The number of hydrogen-bond acceptors (Lipinski definition) is 6. The first-order valence-electron chi connectivity index (χ1n) is 18.2. The van der Waals surface area contributed by atoms with E-state index in [0.717, 1.165) is 52.9 Å². The molecule has 0 spiro atoms. The van der Waals surface area contributed by atoms with E-state index in [-0.39, 0.29) is 36.2 Å². The summed E-state index contributed by atoms with van der Waals surface area (Å²) in [5, 5.41) is 2.68. The smallest absolute Gasteiger partial charge is 0.407 e. The molecule has 2 aliphatic rings. The highest BCUT2D eigenvalue weighted by atomic mass is 19.4. The van der Waals surface area contributed by atoms with Gasteiger partial charge in [0, 0.05) is 25.4 Å². The number of nitrogens with zero attached hydrogens (tertiary/aromatic N) is 4. The molecule has 4 atom stereocenters. The van der Waals surface area contributed by atoms with Crippen LogP contribution in [0.15, 0.2) is 60.9 Å². The molecule has 11 nitrogen and oxygen atoms in total. The van der Waals surface area contributed by atoms with Crippen molar-refractivity contribution in [3.8, 4) is 33.6 Å². The maximum absolute atomic E-state index is 13.5. The van der Waals surface area contributed by atoms with Gasteiger partial charge in [0.05, 0.1) is 43.0 Å². The second kappa shape index (κ2) is 15.8. The second-order valence-corrected chi connectivity index (χ2v) is 14.3. The topological polar surface area (TPSA) is 136 Å². The number of likely N-dealkylation sites (tertiary alicyclic amines) is 2. The molecule has 0 aliphatic carbocycles. The number of aromatic amines is 2. The van der Waals surface area contributed by atoms with Crippen LogP contribution in [0.3, 0.4) is 0 Å². The van der Waals surface area contributed by atoms with E-state index in [0.29, 0.717) is 31.2 Å². The van der Waals surface area contributed by atoms with Crippen molar-refractivity contribution in [2.45, 2.75) is 83.6 Å². The summed E-state index contributed by atoms with van der Waals surface area (Å²) in [6, 6.07) is 15.0. The van der Waals surface area contributed by atoms with Crippen molar-refractivity contribution in [1.29, 1.82) is 0 Å². The normalized spacial score (nSPS) is 18.7. The van der Waals surface area contributed by atoms with Crippen LogP contribution >= 0.6 is 0 Å². The molecule has 0 bridgehead atoms. The molecule has 3 amide bonds. The van der Waals surface area contributed by atoms with E-state index in [1.165, 1.54) is 7.11 Å². The Morgan fingerprint density at radius 1 is 0.792 bits per heavy atom. The number of imidazole rings is 2. The fraction of sp³-hybridized carbons (Fsp3) is 0.462. The quantitative estimate of drug-likeness (QED) is 0.144. The van der Waals surface area contributed by atoms with Crippen molar-refractivity contribution < 1.29 is 32.3 Å². The number of hydrogen-bond donors (Lipinski definition) is 3. The van der Waals surface area contributed by atoms with Gasteiger partial charge in [-0.2, -0.15) is 13.2 Å². The SMILES string of the molecule is COC(=O)N[C@H](C(=O)N1CCC[C@H]1c1ncc(-c2ccc(-c3ccc(-c4cnc([C@@H]5CCCN5C(=O)[C@@H](C)CCC(F)(F)F)[nH]4)cc3)cc2)[nH]1)C(C)C. The highest BCUT2D eigenvalue weighted by Crippen LogP contribution is 2.36. The largest absolute Gasteiger partial charge is 0.453 e. The molecule has 282 valence electrons. The van der Waals surface area contributed by atoms with Crippen molar-refractivity contribution in [2.75, 3.05) is 20.2 Å². The standard InChI is InChI=1S/C39H46F3N7O4/c1-23(2)33(47-38(52)53-4)37(51)49-20-6-8-32(49)35-44-22-30(46-35)28-15-11-26(12-16-28)25-9-13-27(14-10-25)29-21-43-34(45-29)31-7-5-19-48(31)36(50)24(3)17-18-39(40,41)42/h9-16,21-24,31-33H,5-8,17-20H2,1-4H3,(H,43,45)(H,44,46)(H,47,52)/t24-,31-,32-,33-/m0/s1. The van der Waals surface area contributed by atoms with E-state index in [1.807, 2.05) is 62.4 Å². The van der Waals surface area contributed by atoms with E-state index < -0.39 is 30.7 Å². The van der Waals surface area contributed by atoms with Crippen LogP contribution in [0.2, 0.25) is 0 Å². The van der Waals surface area contributed by atoms with Crippen LogP contribution in [0.25, 0.3) is 33.6 Å². The predicted octanol–water partition coefficient (Wildman–Crippen LogP) is 7.82. The molecule has 2 aromatic carbocycles. The highest BCUT2D eigenvalue weighted by molar-refractivity contribution is 5.86. The van der Waals surface area contributed by atoms with Gasteiger partial charge >= 0.3 is 12.3 Å².